The van der Waals surface area contributed by atoms with Gasteiger partial charge in [0.25, 0.3) is 11.8 Å². The number of aryl methyl sites for hydroxylation is 1. The topological polar surface area (TPSA) is 100 Å². The van der Waals surface area contributed by atoms with E-state index in [9.17, 15) is 14.4 Å². The summed E-state index contributed by atoms with van der Waals surface area (Å²) in [5, 5.41) is 10.7. The van der Waals surface area contributed by atoms with E-state index in [-0.39, 0.29) is 11.6 Å². The van der Waals surface area contributed by atoms with Crippen LogP contribution in [0.15, 0.2) is 149 Å². The van der Waals surface area contributed by atoms with E-state index >= 15 is 0 Å². The van der Waals surface area contributed by atoms with Gasteiger partial charge >= 0.3 is 0 Å². The third-order valence-electron chi connectivity index (χ3n) is 7.73. The van der Waals surface area contributed by atoms with Gasteiger partial charge in [0.1, 0.15) is 5.70 Å². The first-order valence-electron chi connectivity index (χ1n) is 16.0. The van der Waals surface area contributed by atoms with Gasteiger partial charge in [-0.05, 0) is 73.0 Å². The fourth-order valence-electron chi connectivity index (χ4n) is 4.98. The molecule has 6 aromatic rings. The van der Waals surface area contributed by atoms with Crippen LogP contribution >= 0.6 is 23.1 Å². The minimum atomic E-state index is -0.469. The molecule has 3 amide bonds. The Balaban J connectivity index is 1.10. The smallest absolute Gasteiger partial charge is 0.272 e. The molecule has 7 nitrogen and oxygen atoms in total. The van der Waals surface area contributed by atoms with Gasteiger partial charge in [-0.3, -0.25) is 14.4 Å². The summed E-state index contributed by atoms with van der Waals surface area (Å²) in [6, 6.07) is 41.9. The Morgan fingerprint density at radius 1 is 0.720 bits per heavy atom. The number of nitrogens with zero attached hydrogens (tertiary/aromatic N) is 1. The largest absolute Gasteiger partial charge is 0.321 e. The van der Waals surface area contributed by atoms with Crippen molar-refractivity contribution in [2.45, 2.75) is 24.0 Å². The Morgan fingerprint density at radius 3 is 2.02 bits per heavy atom. The Bertz CT molecular complexity index is 2110. The first-order valence-corrected chi connectivity index (χ1v) is 17.7. The zero-order chi connectivity index (χ0) is 34.9. The van der Waals surface area contributed by atoms with E-state index < -0.39 is 17.1 Å². The van der Waals surface area contributed by atoms with Crippen molar-refractivity contribution >= 4 is 57.7 Å². The first-order chi connectivity index (χ1) is 24.3. The monoisotopic (exact) mass is 694 g/mol. The highest BCUT2D eigenvalue weighted by Crippen LogP contribution is 2.29. The molecule has 0 saturated heterocycles. The molecule has 0 bridgehead atoms. The molecule has 9 heteroatoms. The molecule has 6 rings (SSSR count). The molecule has 248 valence electrons. The van der Waals surface area contributed by atoms with Crippen molar-refractivity contribution in [1.29, 1.82) is 0 Å². The predicted octanol–water partition coefficient (Wildman–Crippen LogP) is 9.31. The molecule has 0 aliphatic carbocycles. The minimum Gasteiger partial charge on any atom is -0.321 e. The molecule has 0 radical (unpaired) electrons. The van der Waals surface area contributed by atoms with Gasteiger partial charge in [0, 0.05) is 27.1 Å². The summed E-state index contributed by atoms with van der Waals surface area (Å²) in [5.74, 6) is -1.02. The lowest BCUT2D eigenvalue weighted by molar-refractivity contribution is -0.115. The van der Waals surface area contributed by atoms with Crippen LogP contribution in [0.4, 0.5) is 10.8 Å². The lowest BCUT2D eigenvalue weighted by Crippen LogP contribution is -2.30. The average Bonchev–Trinajstić information content (AvgIpc) is 3.61. The normalized spacial score (nSPS) is 11.8. The van der Waals surface area contributed by atoms with Crippen LogP contribution in [-0.4, -0.2) is 28.0 Å². The van der Waals surface area contributed by atoms with E-state index in [1.54, 1.807) is 42.5 Å². The molecule has 1 heterocycles. The molecule has 5 aromatic carbocycles. The second-order valence-electron chi connectivity index (χ2n) is 11.5. The molecule has 3 N–H and O–H groups in total. The third-order valence-corrected chi connectivity index (χ3v) is 9.60. The number of amides is 3. The number of benzene rings is 5. The number of nitrogens with one attached hydrogen (secondary N) is 3. The number of hydrogen-bond donors (Lipinski definition) is 3. The molecule has 50 heavy (non-hydrogen) atoms. The van der Waals surface area contributed by atoms with Crippen LogP contribution in [0.25, 0.3) is 28.5 Å². The maximum atomic E-state index is 13.5. The summed E-state index contributed by atoms with van der Waals surface area (Å²) in [6.07, 6.45) is 1.65. The Hall–Kier alpha value is -5.77. The van der Waals surface area contributed by atoms with Crippen LogP contribution in [0, 0.1) is 6.92 Å². The summed E-state index contributed by atoms with van der Waals surface area (Å²) in [5.41, 5.74) is 6.96. The molecular formula is C41H34N4O3S2. The summed E-state index contributed by atoms with van der Waals surface area (Å²) >= 11 is 2.79. The lowest BCUT2D eigenvalue weighted by atomic mass is 10.0. The lowest BCUT2D eigenvalue weighted by Gasteiger charge is -2.13. The van der Waals surface area contributed by atoms with E-state index in [0.717, 1.165) is 32.8 Å². The predicted molar refractivity (Wildman–Crippen MR) is 205 cm³/mol. The van der Waals surface area contributed by atoms with Crippen molar-refractivity contribution < 1.29 is 14.4 Å². The van der Waals surface area contributed by atoms with Crippen LogP contribution < -0.4 is 16.0 Å². The zero-order valence-electron chi connectivity index (χ0n) is 27.4. The number of carbonyl (C=O) groups is 3. The van der Waals surface area contributed by atoms with Crippen molar-refractivity contribution in [3.63, 3.8) is 0 Å². The van der Waals surface area contributed by atoms with Crippen LogP contribution in [0.3, 0.4) is 0 Å². The van der Waals surface area contributed by atoms with Gasteiger partial charge < -0.3 is 16.0 Å². The van der Waals surface area contributed by atoms with Gasteiger partial charge in [0.05, 0.1) is 10.9 Å². The van der Waals surface area contributed by atoms with E-state index in [1.807, 2.05) is 116 Å². The second-order valence-corrected chi connectivity index (χ2v) is 13.8. The number of thiazole rings is 1. The summed E-state index contributed by atoms with van der Waals surface area (Å²) in [7, 11) is 0. The first kappa shape index (κ1) is 34.1. The number of thioether (sulfide) groups is 1. The summed E-state index contributed by atoms with van der Waals surface area (Å²) in [4.78, 5) is 45.0. The molecule has 1 aromatic heterocycles. The molecule has 0 spiro atoms. The second kappa shape index (κ2) is 16.1. The van der Waals surface area contributed by atoms with Crippen LogP contribution in [0.1, 0.15) is 28.4 Å². The van der Waals surface area contributed by atoms with Gasteiger partial charge in [-0.1, -0.05) is 103 Å². The molecule has 1 unspecified atom stereocenters. The fourth-order valence-corrected chi connectivity index (χ4v) is 6.57. The van der Waals surface area contributed by atoms with Crippen LogP contribution in [0.2, 0.25) is 0 Å². The number of aromatic nitrogens is 1. The molecule has 0 aliphatic heterocycles. The minimum absolute atomic E-state index is 0.0998. The molecule has 0 fully saturated rings. The van der Waals surface area contributed by atoms with Gasteiger partial charge in [-0.25, -0.2) is 4.98 Å². The van der Waals surface area contributed by atoms with Crippen molar-refractivity contribution in [1.82, 2.24) is 10.3 Å². The maximum absolute atomic E-state index is 13.5. The standard InChI is InChI=1S/C41H34N4O3S2/c1-27-13-17-32(18-14-27)37-26-49-41(44-37)45-38(46)28(2)50-35-23-21-34(22-24-35)42-40(48)36(43-39(47)33-11-7-4-8-12-33)25-29-15-19-31(20-16-29)30-9-5-3-6-10-30/h3-26,28H,1-2H3,(H,42,48)(H,43,47)(H,44,45,46)/b36-25-. The van der Waals surface area contributed by atoms with Crippen molar-refractivity contribution in [3.05, 3.63) is 161 Å². The summed E-state index contributed by atoms with van der Waals surface area (Å²) in [6.45, 7) is 3.87. The highest BCUT2D eigenvalue weighted by Gasteiger charge is 2.18. The number of anilines is 2. The molecular weight excluding hydrogens is 661 g/mol. The number of carbonyl (C=O) groups excluding carboxylic acids is 3. The fraction of sp³-hybridized carbons (Fsp3) is 0.0732. The Morgan fingerprint density at radius 2 is 1.34 bits per heavy atom. The Labute approximate surface area is 299 Å². The van der Waals surface area contributed by atoms with Gasteiger partial charge in [-0.15, -0.1) is 23.1 Å². The zero-order valence-corrected chi connectivity index (χ0v) is 29.1. The van der Waals surface area contributed by atoms with Crippen molar-refractivity contribution in [2.24, 2.45) is 0 Å². The maximum Gasteiger partial charge on any atom is 0.272 e. The quantitative estimate of drug-likeness (QED) is 0.0928. The number of rotatable bonds is 11. The van der Waals surface area contributed by atoms with Gasteiger partial charge in [0.2, 0.25) is 5.91 Å². The summed E-state index contributed by atoms with van der Waals surface area (Å²) < 4.78 is 0. The van der Waals surface area contributed by atoms with Gasteiger partial charge in [-0.2, -0.15) is 0 Å². The average molecular weight is 695 g/mol. The van der Waals surface area contributed by atoms with E-state index in [1.165, 1.54) is 28.7 Å². The van der Waals surface area contributed by atoms with Crippen molar-refractivity contribution in [2.75, 3.05) is 10.6 Å². The van der Waals surface area contributed by atoms with E-state index in [2.05, 4.69) is 20.9 Å². The van der Waals surface area contributed by atoms with Crippen LogP contribution in [-0.2, 0) is 9.59 Å². The van der Waals surface area contributed by atoms with E-state index in [0.29, 0.717) is 16.4 Å². The van der Waals surface area contributed by atoms with Gasteiger partial charge in [0.15, 0.2) is 5.13 Å². The highest BCUT2D eigenvalue weighted by molar-refractivity contribution is 8.00. The van der Waals surface area contributed by atoms with Crippen LogP contribution in [0.5, 0.6) is 0 Å². The SMILES string of the molecule is Cc1ccc(-c2csc(NC(=O)C(C)Sc3ccc(NC(=O)/C(=C/c4ccc(-c5ccccc5)cc4)NC(=O)c4ccccc4)cc3)n2)cc1. The Kier molecular flexibility index (Phi) is 11.0. The highest BCUT2D eigenvalue weighted by atomic mass is 32.2. The molecule has 1 atom stereocenters. The number of hydrogen-bond acceptors (Lipinski definition) is 6. The molecule has 0 aliphatic rings. The van der Waals surface area contributed by atoms with Crippen molar-refractivity contribution in [3.8, 4) is 22.4 Å². The van der Waals surface area contributed by atoms with E-state index in [4.69, 9.17) is 0 Å². The molecule has 0 saturated carbocycles. The third kappa shape index (κ3) is 9.02.